The zero-order valence-corrected chi connectivity index (χ0v) is 14.3. The molecule has 1 aromatic heterocycles. The van der Waals surface area contributed by atoms with E-state index in [0.29, 0.717) is 11.1 Å². The number of carbonyl (C=O) groups excluding carboxylic acids is 2. The molecule has 2 N–H and O–H groups in total. The standard InChI is InChI=1S/C16H19N5O2S/c1-10(14(22)19-15(23)17-2)24-16-18-13(11-8-9-11)21(20-16)12-6-4-3-5-7-12/h3-7,10-11H,8-9H2,1-2H3,(H2,17,19,22,23). The van der Waals surface area contributed by atoms with Crippen LogP contribution >= 0.6 is 11.8 Å². The molecule has 1 aliphatic rings. The normalized spacial score (nSPS) is 14.9. The van der Waals surface area contributed by atoms with Crippen molar-refractivity contribution in [1.82, 2.24) is 25.4 Å². The molecule has 2 aromatic rings. The van der Waals surface area contributed by atoms with E-state index < -0.39 is 11.3 Å². The Hall–Kier alpha value is -2.35. The fourth-order valence-corrected chi connectivity index (χ4v) is 2.96. The van der Waals surface area contributed by atoms with Gasteiger partial charge in [-0.05, 0) is 31.9 Å². The predicted octanol–water partition coefficient (Wildman–Crippen LogP) is 2.08. The van der Waals surface area contributed by atoms with Gasteiger partial charge in [0.1, 0.15) is 5.82 Å². The van der Waals surface area contributed by atoms with Gasteiger partial charge in [-0.2, -0.15) is 0 Å². The highest BCUT2D eigenvalue weighted by Crippen LogP contribution is 2.40. The predicted molar refractivity (Wildman–Crippen MR) is 91.3 cm³/mol. The van der Waals surface area contributed by atoms with Crippen molar-refractivity contribution < 1.29 is 9.59 Å². The monoisotopic (exact) mass is 345 g/mol. The van der Waals surface area contributed by atoms with Crippen molar-refractivity contribution in [3.05, 3.63) is 36.2 Å². The van der Waals surface area contributed by atoms with Crippen molar-refractivity contribution in [2.45, 2.75) is 36.1 Å². The van der Waals surface area contributed by atoms with Crippen LogP contribution in [0.15, 0.2) is 35.5 Å². The maximum absolute atomic E-state index is 12.0. The number of urea groups is 1. The molecule has 1 heterocycles. The summed E-state index contributed by atoms with van der Waals surface area (Å²) in [5.74, 6) is 0.994. The Balaban J connectivity index is 1.77. The summed E-state index contributed by atoms with van der Waals surface area (Å²) < 4.78 is 1.85. The van der Waals surface area contributed by atoms with Gasteiger partial charge < -0.3 is 5.32 Å². The second kappa shape index (κ2) is 7.04. The number of carbonyl (C=O) groups is 2. The van der Waals surface area contributed by atoms with Crippen molar-refractivity contribution in [2.24, 2.45) is 0 Å². The number of rotatable bonds is 5. The Morgan fingerprint density at radius 2 is 2.00 bits per heavy atom. The van der Waals surface area contributed by atoms with E-state index in [-0.39, 0.29) is 5.91 Å². The Morgan fingerprint density at radius 3 is 2.62 bits per heavy atom. The lowest BCUT2D eigenvalue weighted by atomic mass is 10.3. The van der Waals surface area contributed by atoms with Crippen molar-refractivity contribution in [3.8, 4) is 5.69 Å². The number of aromatic nitrogens is 3. The summed E-state index contributed by atoms with van der Waals surface area (Å²) in [5.41, 5.74) is 0.959. The smallest absolute Gasteiger partial charge is 0.321 e. The first-order chi connectivity index (χ1) is 11.6. The molecule has 0 spiro atoms. The fraction of sp³-hybridized carbons (Fsp3) is 0.375. The molecule has 1 aromatic carbocycles. The highest BCUT2D eigenvalue weighted by atomic mass is 32.2. The third kappa shape index (κ3) is 3.76. The first-order valence-corrected chi connectivity index (χ1v) is 8.68. The van der Waals surface area contributed by atoms with Crippen LogP contribution in [-0.2, 0) is 4.79 Å². The van der Waals surface area contributed by atoms with Gasteiger partial charge in [0.2, 0.25) is 11.1 Å². The van der Waals surface area contributed by atoms with E-state index in [1.165, 1.54) is 18.8 Å². The number of para-hydroxylation sites is 1. The summed E-state index contributed by atoms with van der Waals surface area (Å²) in [7, 11) is 1.46. The molecule has 0 saturated heterocycles. The summed E-state index contributed by atoms with van der Waals surface area (Å²) in [6.07, 6.45) is 2.23. The number of amides is 3. The van der Waals surface area contributed by atoms with Crippen molar-refractivity contribution in [3.63, 3.8) is 0 Å². The van der Waals surface area contributed by atoms with Crippen LogP contribution in [0.3, 0.4) is 0 Å². The van der Waals surface area contributed by atoms with Crippen molar-refractivity contribution in [2.75, 3.05) is 7.05 Å². The highest BCUT2D eigenvalue weighted by molar-refractivity contribution is 8.00. The molecule has 1 unspecified atom stereocenters. The largest absolute Gasteiger partial charge is 0.341 e. The molecule has 0 radical (unpaired) electrons. The maximum atomic E-state index is 12.0. The number of nitrogens with one attached hydrogen (secondary N) is 2. The Kier molecular flexibility index (Phi) is 4.84. The fourth-order valence-electron chi connectivity index (χ4n) is 2.21. The molecule has 1 saturated carbocycles. The van der Waals surface area contributed by atoms with Gasteiger partial charge in [0.05, 0.1) is 10.9 Å². The molecular formula is C16H19N5O2S. The zero-order valence-electron chi connectivity index (χ0n) is 13.5. The first kappa shape index (κ1) is 16.5. The average Bonchev–Trinajstić information content (AvgIpc) is 3.36. The number of thioether (sulfide) groups is 1. The average molecular weight is 345 g/mol. The van der Waals surface area contributed by atoms with Gasteiger partial charge in [-0.1, -0.05) is 30.0 Å². The number of imide groups is 1. The SMILES string of the molecule is CNC(=O)NC(=O)C(C)Sc1nc(C2CC2)n(-c2ccccc2)n1. The van der Waals surface area contributed by atoms with Crippen LogP contribution < -0.4 is 10.6 Å². The molecule has 3 amide bonds. The molecular weight excluding hydrogens is 326 g/mol. The number of nitrogens with zero attached hydrogens (tertiary/aromatic N) is 3. The van der Waals surface area contributed by atoms with E-state index in [0.717, 1.165) is 24.4 Å². The lowest BCUT2D eigenvalue weighted by molar-refractivity contribution is -0.119. The van der Waals surface area contributed by atoms with Gasteiger partial charge in [-0.15, -0.1) is 5.10 Å². The molecule has 1 aliphatic carbocycles. The Labute approximate surface area is 144 Å². The highest BCUT2D eigenvalue weighted by Gasteiger charge is 2.31. The Bertz CT molecular complexity index is 742. The zero-order chi connectivity index (χ0) is 17.1. The second-order valence-corrected chi connectivity index (χ2v) is 6.91. The van der Waals surface area contributed by atoms with Crippen molar-refractivity contribution >= 4 is 23.7 Å². The van der Waals surface area contributed by atoms with E-state index in [2.05, 4.69) is 20.7 Å². The van der Waals surface area contributed by atoms with E-state index in [1.54, 1.807) is 6.92 Å². The minimum Gasteiger partial charge on any atom is -0.341 e. The van der Waals surface area contributed by atoms with Crippen LogP contribution in [0.2, 0.25) is 0 Å². The molecule has 126 valence electrons. The number of benzene rings is 1. The summed E-state index contributed by atoms with van der Waals surface area (Å²) in [4.78, 5) is 27.8. The van der Waals surface area contributed by atoms with Crippen LogP contribution in [0, 0.1) is 0 Å². The third-order valence-electron chi connectivity index (χ3n) is 3.67. The molecule has 3 rings (SSSR count). The molecule has 0 aliphatic heterocycles. The maximum Gasteiger partial charge on any atom is 0.321 e. The van der Waals surface area contributed by atoms with Crippen LogP contribution in [0.5, 0.6) is 0 Å². The summed E-state index contributed by atoms with van der Waals surface area (Å²) >= 11 is 1.24. The van der Waals surface area contributed by atoms with Crippen LogP contribution in [0.4, 0.5) is 4.79 Å². The number of hydrogen-bond acceptors (Lipinski definition) is 5. The topological polar surface area (TPSA) is 88.9 Å². The minimum atomic E-state index is -0.520. The second-order valence-electron chi connectivity index (χ2n) is 5.60. The molecule has 1 atom stereocenters. The summed E-state index contributed by atoms with van der Waals surface area (Å²) in [6, 6.07) is 9.32. The van der Waals surface area contributed by atoms with Gasteiger partial charge >= 0.3 is 6.03 Å². The lowest BCUT2D eigenvalue weighted by Gasteiger charge is -2.08. The third-order valence-corrected chi connectivity index (χ3v) is 4.62. The van der Waals surface area contributed by atoms with Gasteiger partial charge in [-0.25, -0.2) is 14.5 Å². The summed E-state index contributed by atoms with van der Waals surface area (Å²) in [6.45, 7) is 1.73. The molecule has 0 bridgehead atoms. The first-order valence-electron chi connectivity index (χ1n) is 7.80. The van der Waals surface area contributed by atoms with Crippen LogP contribution in [0.1, 0.15) is 31.5 Å². The van der Waals surface area contributed by atoms with Crippen molar-refractivity contribution in [1.29, 1.82) is 0 Å². The Morgan fingerprint density at radius 1 is 1.29 bits per heavy atom. The quantitative estimate of drug-likeness (QED) is 0.810. The van der Waals surface area contributed by atoms with Gasteiger partial charge in [-0.3, -0.25) is 10.1 Å². The van der Waals surface area contributed by atoms with Gasteiger partial charge in [0.25, 0.3) is 0 Å². The molecule has 1 fully saturated rings. The lowest BCUT2D eigenvalue weighted by Crippen LogP contribution is -2.41. The van der Waals surface area contributed by atoms with Gasteiger partial charge in [0.15, 0.2) is 0 Å². The van der Waals surface area contributed by atoms with Gasteiger partial charge in [0, 0.05) is 13.0 Å². The van der Waals surface area contributed by atoms with E-state index in [9.17, 15) is 9.59 Å². The molecule has 24 heavy (non-hydrogen) atoms. The van der Waals surface area contributed by atoms with E-state index in [1.807, 2.05) is 35.0 Å². The van der Waals surface area contributed by atoms with E-state index >= 15 is 0 Å². The number of hydrogen-bond donors (Lipinski definition) is 2. The summed E-state index contributed by atoms with van der Waals surface area (Å²) in [5, 5.41) is 9.24. The minimum absolute atomic E-state index is 0.372. The van der Waals surface area contributed by atoms with E-state index in [4.69, 9.17) is 0 Å². The van der Waals surface area contributed by atoms with Crippen LogP contribution in [0.25, 0.3) is 5.69 Å². The molecule has 7 nitrogen and oxygen atoms in total. The van der Waals surface area contributed by atoms with Crippen LogP contribution in [-0.4, -0.2) is 39.0 Å². The molecule has 8 heteroatoms.